The van der Waals surface area contributed by atoms with Crippen molar-refractivity contribution < 1.29 is 8.42 Å². The maximum Gasteiger partial charge on any atom is 0.330 e. The molecule has 0 amide bonds. The van der Waals surface area contributed by atoms with Crippen LogP contribution in [0.3, 0.4) is 0 Å². The fourth-order valence-corrected chi connectivity index (χ4v) is 3.10. The molecule has 2 N–H and O–H groups in total. The van der Waals surface area contributed by atoms with Crippen molar-refractivity contribution in [2.24, 2.45) is 0 Å². The molecule has 0 spiro atoms. The Balaban J connectivity index is 2.13. The largest absolute Gasteiger partial charge is 0.330 e. The number of hydrogen-bond acceptors (Lipinski definition) is 3. The predicted molar refractivity (Wildman–Crippen MR) is 79.1 cm³/mol. The summed E-state index contributed by atoms with van der Waals surface area (Å²) in [6, 6.07) is 6.53. The fraction of sp³-hybridized carbons (Fsp3) is 0.250. The Morgan fingerprint density at radius 3 is 2.50 bits per heavy atom. The van der Waals surface area contributed by atoms with Gasteiger partial charge in [-0.15, -0.1) is 11.6 Å². The number of halogens is 1. The van der Waals surface area contributed by atoms with E-state index < -0.39 is 10.0 Å². The molecule has 0 fully saturated rings. The van der Waals surface area contributed by atoms with Crippen molar-refractivity contribution >= 4 is 27.3 Å². The lowest BCUT2D eigenvalue weighted by Crippen LogP contribution is -2.17. The summed E-state index contributed by atoms with van der Waals surface area (Å²) in [4.78, 5) is 14.0. The van der Waals surface area contributed by atoms with Crippen molar-refractivity contribution in [2.75, 3.05) is 16.4 Å². The number of H-pyrrole nitrogens is 1. The number of aromatic nitrogens is 2. The molecule has 0 aliphatic rings. The van der Waals surface area contributed by atoms with Gasteiger partial charge in [-0.3, -0.25) is 9.29 Å². The molecule has 0 saturated carbocycles. The van der Waals surface area contributed by atoms with E-state index in [1.807, 2.05) is 0 Å². The second kappa shape index (κ2) is 6.15. The number of aromatic amines is 1. The summed E-state index contributed by atoms with van der Waals surface area (Å²) in [5.41, 5.74) is 0.854. The van der Waals surface area contributed by atoms with Gasteiger partial charge in [-0.2, -0.15) is 0 Å². The molecule has 6 nitrogen and oxygen atoms in total. The van der Waals surface area contributed by atoms with E-state index in [4.69, 9.17) is 11.6 Å². The fourth-order valence-electron chi connectivity index (χ4n) is 1.69. The summed E-state index contributed by atoms with van der Waals surface area (Å²) < 4.78 is 27.3. The molecule has 20 heavy (non-hydrogen) atoms. The van der Waals surface area contributed by atoms with Crippen molar-refractivity contribution in [3.63, 3.8) is 0 Å². The summed E-state index contributed by atoms with van der Waals surface area (Å²) in [5, 5.41) is 0. The summed E-state index contributed by atoms with van der Waals surface area (Å²) in [7, 11) is -3.38. The second-order valence-electron chi connectivity index (χ2n) is 4.15. The third-order valence-corrected chi connectivity index (χ3v) is 4.25. The minimum atomic E-state index is -3.38. The van der Waals surface area contributed by atoms with E-state index in [-0.39, 0.29) is 11.4 Å². The zero-order valence-corrected chi connectivity index (χ0v) is 12.1. The smallest absolute Gasteiger partial charge is 0.312 e. The number of nitrogens with one attached hydrogen (secondary N) is 2. The van der Waals surface area contributed by atoms with Crippen molar-refractivity contribution in [1.82, 2.24) is 9.55 Å². The molecular weight excluding hydrogens is 302 g/mol. The van der Waals surface area contributed by atoms with Crippen LogP contribution in [0.1, 0.15) is 6.42 Å². The standard InChI is InChI=1S/C12H14ClN3O3S/c13-6-1-9-20(18,19)15-10-2-4-11(5-3-10)16-8-7-14-12(16)17/h2-5,7-8,15H,1,6,9H2,(H,14,17). The van der Waals surface area contributed by atoms with E-state index in [1.54, 1.807) is 30.5 Å². The molecule has 2 rings (SSSR count). The Morgan fingerprint density at radius 1 is 1.25 bits per heavy atom. The maximum atomic E-state index is 11.7. The number of rotatable bonds is 6. The Bertz CT molecular complexity index is 719. The van der Waals surface area contributed by atoms with Crippen molar-refractivity contribution in [1.29, 1.82) is 0 Å². The number of alkyl halides is 1. The third kappa shape index (κ3) is 3.64. The quantitative estimate of drug-likeness (QED) is 0.793. The summed E-state index contributed by atoms with van der Waals surface area (Å²) >= 11 is 5.48. The Labute approximate surface area is 121 Å². The topological polar surface area (TPSA) is 84.0 Å². The van der Waals surface area contributed by atoms with Gasteiger partial charge in [0.15, 0.2) is 0 Å². The molecule has 8 heteroatoms. The van der Waals surface area contributed by atoms with E-state index in [2.05, 4.69) is 9.71 Å². The normalized spacial score (nSPS) is 11.4. The average Bonchev–Trinajstić information content (AvgIpc) is 2.83. The van der Waals surface area contributed by atoms with Gasteiger partial charge in [0.05, 0.1) is 11.4 Å². The summed E-state index contributed by atoms with van der Waals surface area (Å²) in [5.74, 6) is 0.284. The van der Waals surface area contributed by atoms with Crippen LogP contribution in [0.4, 0.5) is 5.69 Å². The Morgan fingerprint density at radius 2 is 1.95 bits per heavy atom. The second-order valence-corrected chi connectivity index (χ2v) is 6.37. The van der Waals surface area contributed by atoms with Crippen molar-refractivity contribution in [3.8, 4) is 5.69 Å². The van der Waals surface area contributed by atoms with Crippen LogP contribution < -0.4 is 10.4 Å². The highest BCUT2D eigenvalue weighted by Gasteiger charge is 2.09. The predicted octanol–water partition coefficient (Wildman–Crippen LogP) is 1.54. The van der Waals surface area contributed by atoms with E-state index in [1.165, 1.54) is 10.8 Å². The average molecular weight is 316 g/mol. The Hall–Kier alpha value is -1.73. The zero-order valence-electron chi connectivity index (χ0n) is 10.5. The number of sulfonamides is 1. The summed E-state index contributed by atoms with van der Waals surface area (Å²) in [6.07, 6.45) is 3.53. The van der Waals surface area contributed by atoms with Gasteiger partial charge < -0.3 is 4.98 Å². The van der Waals surface area contributed by atoms with Crippen LogP contribution >= 0.6 is 11.6 Å². The highest BCUT2D eigenvalue weighted by molar-refractivity contribution is 7.92. The molecule has 0 aliphatic heterocycles. The number of hydrogen-bond donors (Lipinski definition) is 2. The molecule has 0 aliphatic carbocycles. The van der Waals surface area contributed by atoms with Crippen LogP contribution in [0.2, 0.25) is 0 Å². The number of imidazole rings is 1. The molecule has 0 unspecified atom stereocenters. The first-order valence-corrected chi connectivity index (χ1v) is 8.13. The highest BCUT2D eigenvalue weighted by Crippen LogP contribution is 2.13. The van der Waals surface area contributed by atoms with Gasteiger partial charge in [0.25, 0.3) is 0 Å². The number of nitrogens with zero attached hydrogens (tertiary/aromatic N) is 1. The van der Waals surface area contributed by atoms with Gasteiger partial charge >= 0.3 is 5.69 Å². The lowest BCUT2D eigenvalue weighted by atomic mass is 10.3. The molecule has 2 aromatic rings. The molecule has 108 valence electrons. The van der Waals surface area contributed by atoms with Crippen molar-refractivity contribution in [2.45, 2.75) is 6.42 Å². The van der Waals surface area contributed by atoms with Crippen LogP contribution in [0.25, 0.3) is 5.69 Å². The molecule has 1 heterocycles. The molecule has 1 aromatic heterocycles. The van der Waals surface area contributed by atoms with Gasteiger partial charge in [0, 0.05) is 24.0 Å². The molecule has 0 saturated heterocycles. The van der Waals surface area contributed by atoms with E-state index in [0.29, 0.717) is 23.7 Å². The SMILES string of the molecule is O=c1[nH]ccn1-c1ccc(NS(=O)(=O)CCCCl)cc1. The van der Waals surface area contributed by atoms with E-state index in [0.717, 1.165) is 0 Å². The Kier molecular flexibility index (Phi) is 4.51. The van der Waals surface area contributed by atoms with Gasteiger partial charge in [-0.1, -0.05) is 0 Å². The first kappa shape index (κ1) is 14.7. The third-order valence-electron chi connectivity index (χ3n) is 2.61. The zero-order chi connectivity index (χ0) is 14.6. The highest BCUT2D eigenvalue weighted by atomic mass is 35.5. The molecule has 0 radical (unpaired) electrons. The van der Waals surface area contributed by atoms with Crippen LogP contribution in [-0.2, 0) is 10.0 Å². The minimum absolute atomic E-state index is 0.0183. The maximum absolute atomic E-state index is 11.7. The number of benzene rings is 1. The van der Waals surface area contributed by atoms with Gasteiger partial charge in [0.2, 0.25) is 10.0 Å². The first-order chi connectivity index (χ1) is 9.52. The number of anilines is 1. The van der Waals surface area contributed by atoms with Crippen LogP contribution in [0.5, 0.6) is 0 Å². The monoisotopic (exact) mass is 315 g/mol. The molecule has 0 bridgehead atoms. The van der Waals surface area contributed by atoms with E-state index >= 15 is 0 Å². The van der Waals surface area contributed by atoms with Gasteiger partial charge in [0.1, 0.15) is 0 Å². The van der Waals surface area contributed by atoms with Crippen LogP contribution in [-0.4, -0.2) is 29.6 Å². The van der Waals surface area contributed by atoms with Crippen LogP contribution in [0.15, 0.2) is 41.5 Å². The minimum Gasteiger partial charge on any atom is -0.312 e. The molecular formula is C12H14ClN3O3S. The van der Waals surface area contributed by atoms with Crippen molar-refractivity contribution in [3.05, 3.63) is 47.1 Å². The molecule has 0 atom stereocenters. The van der Waals surface area contributed by atoms with Gasteiger partial charge in [-0.05, 0) is 30.7 Å². The lowest BCUT2D eigenvalue weighted by molar-refractivity contribution is 0.600. The van der Waals surface area contributed by atoms with Crippen LogP contribution in [0, 0.1) is 0 Å². The first-order valence-electron chi connectivity index (χ1n) is 5.95. The lowest BCUT2D eigenvalue weighted by Gasteiger charge is -2.08. The summed E-state index contributed by atoms with van der Waals surface area (Å²) in [6.45, 7) is 0. The van der Waals surface area contributed by atoms with Gasteiger partial charge in [-0.25, -0.2) is 13.2 Å². The van der Waals surface area contributed by atoms with E-state index in [9.17, 15) is 13.2 Å². The molecule has 1 aromatic carbocycles.